The SMILES string of the molecule is CN(C(=O)CN1C(=O)NC2(CCCc3ccccc32)C1=O)c1nncs1. The van der Waals surface area contributed by atoms with Crippen LogP contribution in [-0.4, -0.2) is 46.5 Å². The van der Waals surface area contributed by atoms with E-state index in [0.29, 0.717) is 11.6 Å². The van der Waals surface area contributed by atoms with Crippen LogP contribution in [-0.2, 0) is 21.5 Å². The standard InChI is InChI=1S/C17H17N5O3S/c1-21(16-20-18-10-26-16)13(23)9-22-14(24)17(19-15(22)25)8-4-6-11-5-2-3-7-12(11)17/h2-3,5,7,10H,4,6,8-9H2,1H3,(H,19,25). The average molecular weight is 371 g/mol. The molecular weight excluding hydrogens is 354 g/mol. The second-order valence-corrected chi connectivity index (χ2v) is 7.22. The molecule has 26 heavy (non-hydrogen) atoms. The topological polar surface area (TPSA) is 95.5 Å². The highest BCUT2D eigenvalue weighted by molar-refractivity contribution is 7.13. The number of benzene rings is 1. The van der Waals surface area contributed by atoms with Gasteiger partial charge in [0.2, 0.25) is 11.0 Å². The van der Waals surface area contributed by atoms with Gasteiger partial charge in [-0.25, -0.2) is 4.79 Å². The van der Waals surface area contributed by atoms with Gasteiger partial charge in [-0.05, 0) is 30.4 Å². The van der Waals surface area contributed by atoms with Gasteiger partial charge in [-0.2, -0.15) is 0 Å². The van der Waals surface area contributed by atoms with E-state index in [9.17, 15) is 14.4 Å². The minimum absolute atomic E-state index is 0.329. The van der Waals surface area contributed by atoms with Gasteiger partial charge in [0.25, 0.3) is 5.91 Å². The number of nitrogens with one attached hydrogen (secondary N) is 1. The number of nitrogens with zero attached hydrogens (tertiary/aromatic N) is 4. The number of hydrogen-bond donors (Lipinski definition) is 1. The molecule has 1 aliphatic carbocycles. The number of likely N-dealkylation sites (N-methyl/N-ethyl adjacent to an activating group) is 1. The lowest BCUT2D eigenvalue weighted by Gasteiger charge is -2.33. The van der Waals surface area contributed by atoms with Crippen molar-refractivity contribution in [1.82, 2.24) is 20.4 Å². The van der Waals surface area contributed by atoms with Crippen LogP contribution >= 0.6 is 11.3 Å². The molecule has 1 fully saturated rings. The van der Waals surface area contributed by atoms with E-state index in [1.54, 1.807) is 7.05 Å². The van der Waals surface area contributed by atoms with E-state index in [2.05, 4.69) is 15.5 Å². The van der Waals surface area contributed by atoms with Gasteiger partial charge in [-0.3, -0.25) is 19.4 Å². The van der Waals surface area contributed by atoms with Gasteiger partial charge in [0, 0.05) is 7.05 Å². The number of fused-ring (bicyclic) bond motifs is 2. The van der Waals surface area contributed by atoms with Crippen LogP contribution in [0, 0.1) is 0 Å². The molecule has 0 bridgehead atoms. The molecule has 134 valence electrons. The zero-order chi connectivity index (χ0) is 18.3. The fourth-order valence-electron chi connectivity index (χ4n) is 3.62. The Morgan fingerprint density at radius 3 is 2.96 bits per heavy atom. The summed E-state index contributed by atoms with van der Waals surface area (Å²) >= 11 is 1.21. The predicted octanol–water partition coefficient (Wildman–Crippen LogP) is 1.28. The van der Waals surface area contributed by atoms with Gasteiger partial charge in [0.05, 0.1) is 0 Å². The fourth-order valence-corrected chi connectivity index (χ4v) is 4.16. The maximum atomic E-state index is 13.1. The number of anilines is 1. The Hall–Kier alpha value is -2.81. The number of aromatic nitrogens is 2. The summed E-state index contributed by atoms with van der Waals surface area (Å²) in [5.74, 6) is -0.764. The largest absolute Gasteiger partial charge is 0.325 e. The minimum Gasteiger partial charge on any atom is -0.319 e. The van der Waals surface area contributed by atoms with E-state index in [4.69, 9.17) is 0 Å². The zero-order valence-electron chi connectivity index (χ0n) is 14.1. The smallest absolute Gasteiger partial charge is 0.319 e. The third-order valence-electron chi connectivity index (χ3n) is 4.95. The Bertz CT molecular complexity index is 884. The van der Waals surface area contributed by atoms with E-state index < -0.39 is 17.5 Å². The lowest BCUT2D eigenvalue weighted by Crippen LogP contribution is -2.47. The summed E-state index contributed by atoms with van der Waals surface area (Å²) < 4.78 is 0. The normalized spacial score (nSPS) is 21.7. The van der Waals surface area contributed by atoms with Crippen molar-refractivity contribution in [3.05, 3.63) is 40.9 Å². The third-order valence-corrected chi connectivity index (χ3v) is 5.72. The van der Waals surface area contributed by atoms with Gasteiger partial charge in [0.15, 0.2) is 0 Å². The summed E-state index contributed by atoms with van der Waals surface area (Å²) in [5, 5.41) is 10.8. The maximum absolute atomic E-state index is 13.1. The van der Waals surface area contributed by atoms with E-state index in [0.717, 1.165) is 28.9 Å². The summed E-state index contributed by atoms with van der Waals surface area (Å²) in [7, 11) is 1.55. The summed E-state index contributed by atoms with van der Waals surface area (Å²) in [4.78, 5) is 40.5. The zero-order valence-corrected chi connectivity index (χ0v) is 15.0. The second kappa shape index (κ2) is 6.17. The summed E-state index contributed by atoms with van der Waals surface area (Å²) in [5.41, 5.74) is 2.34. The molecule has 2 heterocycles. The van der Waals surface area contributed by atoms with Crippen molar-refractivity contribution in [2.24, 2.45) is 0 Å². The molecule has 9 heteroatoms. The van der Waals surface area contributed by atoms with Crippen molar-refractivity contribution >= 4 is 34.3 Å². The van der Waals surface area contributed by atoms with Gasteiger partial charge in [0.1, 0.15) is 17.6 Å². The summed E-state index contributed by atoms with van der Waals surface area (Å²) in [6, 6.07) is 7.11. The van der Waals surface area contributed by atoms with Crippen molar-refractivity contribution in [2.75, 3.05) is 18.5 Å². The Morgan fingerprint density at radius 2 is 2.19 bits per heavy atom. The van der Waals surface area contributed by atoms with Crippen molar-refractivity contribution in [3.63, 3.8) is 0 Å². The van der Waals surface area contributed by atoms with Gasteiger partial charge >= 0.3 is 6.03 Å². The minimum atomic E-state index is -1.06. The highest BCUT2D eigenvalue weighted by Crippen LogP contribution is 2.39. The van der Waals surface area contributed by atoms with Crippen LogP contribution in [0.15, 0.2) is 29.8 Å². The second-order valence-electron chi connectivity index (χ2n) is 6.41. The predicted molar refractivity (Wildman–Crippen MR) is 94.6 cm³/mol. The van der Waals surface area contributed by atoms with Crippen LogP contribution < -0.4 is 10.2 Å². The van der Waals surface area contributed by atoms with E-state index in [1.165, 1.54) is 21.7 Å². The third kappa shape index (κ3) is 2.47. The van der Waals surface area contributed by atoms with Crippen molar-refractivity contribution in [2.45, 2.75) is 24.8 Å². The van der Waals surface area contributed by atoms with Crippen LogP contribution in [0.4, 0.5) is 9.93 Å². The first kappa shape index (κ1) is 16.6. The quantitative estimate of drug-likeness (QED) is 0.820. The Morgan fingerprint density at radius 1 is 1.38 bits per heavy atom. The molecule has 1 N–H and O–H groups in total. The number of aryl methyl sites for hydroxylation is 1. The fraction of sp³-hybridized carbons (Fsp3) is 0.353. The molecule has 8 nitrogen and oxygen atoms in total. The van der Waals surface area contributed by atoms with Crippen LogP contribution in [0.5, 0.6) is 0 Å². The Labute approximate surface area is 153 Å². The number of imide groups is 1. The highest BCUT2D eigenvalue weighted by atomic mass is 32.1. The molecule has 2 aromatic rings. The molecule has 1 saturated heterocycles. The molecule has 1 aromatic carbocycles. The molecule has 4 amide bonds. The van der Waals surface area contributed by atoms with Crippen LogP contribution in [0.2, 0.25) is 0 Å². The molecule has 1 spiro atoms. The molecule has 0 radical (unpaired) electrons. The first-order chi connectivity index (χ1) is 12.5. The lowest BCUT2D eigenvalue weighted by molar-refractivity contribution is -0.135. The van der Waals surface area contributed by atoms with E-state index in [1.807, 2.05) is 24.3 Å². The molecule has 1 aromatic heterocycles. The molecule has 1 atom stereocenters. The van der Waals surface area contributed by atoms with Crippen molar-refractivity contribution in [3.8, 4) is 0 Å². The molecule has 1 unspecified atom stereocenters. The van der Waals surface area contributed by atoms with Crippen molar-refractivity contribution in [1.29, 1.82) is 0 Å². The molecular formula is C17H17N5O3S. The van der Waals surface area contributed by atoms with Crippen LogP contribution in [0.3, 0.4) is 0 Å². The van der Waals surface area contributed by atoms with Gasteiger partial charge in [-0.15, -0.1) is 10.2 Å². The average Bonchev–Trinajstić information content (AvgIpc) is 3.26. The summed E-state index contributed by atoms with van der Waals surface area (Å²) in [6.45, 7) is -0.329. The van der Waals surface area contributed by atoms with Crippen LogP contribution in [0.25, 0.3) is 0 Å². The van der Waals surface area contributed by atoms with Crippen molar-refractivity contribution < 1.29 is 14.4 Å². The first-order valence-corrected chi connectivity index (χ1v) is 9.16. The molecule has 0 saturated carbocycles. The van der Waals surface area contributed by atoms with Crippen LogP contribution in [0.1, 0.15) is 24.0 Å². The Kier molecular flexibility index (Phi) is 3.95. The Balaban J connectivity index is 1.60. The number of amides is 4. The van der Waals surface area contributed by atoms with Gasteiger partial charge in [-0.1, -0.05) is 35.6 Å². The van der Waals surface area contributed by atoms with E-state index in [-0.39, 0.29) is 12.5 Å². The number of hydrogen-bond acceptors (Lipinski definition) is 6. The molecule has 4 rings (SSSR count). The van der Waals surface area contributed by atoms with E-state index >= 15 is 0 Å². The molecule has 1 aliphatic heterocycles. The summed E-state index contributed by atoms with van der Waals surface area (Å²) in [6.07, 6.45) is 2.21. The monoisotopic (exact) mass is 371 g/mol. The maximum Gasteiger partial charge on any atom is 0.325 e. The molecule has 2 aliphatic rings. The number of rotatable bonds is 3. The van der Waals surface area contributed by atoms with Gasteiger partial charge < -0.3 is 5.32 Å². The number of carbonyl (C=O) groups is 3. The first-order valence-electron chi connectivity index (χ1n) is 8.28. The highest BCUT2D eigenvalue weighted by Gasteiger charge is 2.54. The number of urea groups is 1. The number of carbonyl (C=O) groups excluding carboxylic acids is 3. The lowest BCUT2D eigenvalue weighted by atomic mass is 9.76.